The summed E-state index contributed by atoms with van der Waals surface area (Å²) in [6.45, 7) is 3.66. The molecule has 0 aliphatic rings. The summed E-state index contributed by atoms with van der Waals surface area (Å²) in [4.78, 5) is 10.5. The molecule has 0 fully saturated rings. The molecule has 0 spiro atoms. The molecule has 0 heterocycles. The Morgan fingerprint density at radius 2 is 1.83 bits per heavy atom. The Hall–Kier alpha value is -0.410. The highest BCUT2D eigenvalue weighted by molar-refractivity contribution is 5.75. The molecule has 0 aromatic carbocycles. The summed E-state index contributed by atoms with van der Waals surface area (Å²) in [5, 5.41) is 0. The maximum absolute atomic E-state index is 10.5. The van der Waals surface area contributed by atoms with E-state index in [-0.39, 0.29) is 5.78 Å². The first-order valence-corrected chi connectivity index (χ1v) is 4.33. The van der Waals surface area contributed by atoms with Crippen molar-refractivity contribution in [3.05, 3.63) is 0 Å². The van der Waals surface area contributed by atoms with E-state index in [0.29, 0.717) is 13.0 Å². The Bertz CT molecular complexity index is 112. The number of methoxy groups -OCH3 is 1. The lowest BCUT2D eigenvalue weighted by atomic mass is 10.3. The first-order valence-electron chi connectivity index (χ1n) is 4.33. The molecule has 0 radical (unpaired) electrons. The van der Waals surface area contributed by atoms with Gasteiger partial charge in [0.05, 0.1) is 6.61 Å². The van der Waals surface area contributed by atoms with Gasteiger partial charge in [0, 0.05) is 26.7 Å². The molecule has 0 amide bonds. The van der Waals surface area contributed by atoms with Crippen LogP contribution in [-0.4, -0.2) is 32.7 Å². The molecule has 0 aromatic rings. The van der Waals surface area contributed by atoms with Crippen LogP contribution in [0, 0.1) is 0 Å². The molecule has 72 valence electrons. The standard InChI is InChI=1S/C9H18O3/c1-9(10)5-8-12-7-4-3-6-11-2/h3-8H2,1-2H3. The number of rotatable bonds is 8. The SMILES string of the molecule is COCCCCOCCC(C)=O. The van der Waals surface area contributed by atoms with Crippen molar-refractivity contribution >= 4 is 5.78 Å². The van der Waals surface area contributed by atoms with Crippen molar-refractivity contribution < 1.29 is 14.3 Å². The fourth-order valence-electron chi connectivity index (χ4n) is 0.768. The van der Waals surface area contributed by atoms with Crippen LogP contribution in [0.2, 0.25) is 0 Å². The normalized spacial score (nSPS) is 10.2. The zero-order valence-electron chi connectivity index (χ0n) is 7.97. The minimum atomic E-state index is 0.187. The lowest BCUT2D eigenvalue weighted by Gasteiger charge is -2.01. The van der Waals surface area contributed by atoms with E-state index in [4.69, 9.17) is 9.47 Å². The molecule has 0 saturated heterocycles. The summed E-state index contributed by atoms with van der Waals surface area (Å²) >= 11 is 0. The number of carbonyl (C=O) groups excluding carboxylic acids is 1. The first kappa shape index (κ1) is 11.6. The molecule has 3 nitrogen and oxygen atoms in total. The topological polar surface area (TPSA) is 35.5 Å². The quantitative estimate of drug-likeness (QED) is 0.522. The van der Waals surface area contributed by atoms with Crippen LogP contribution in [0.3, 0.4) is 0 Å². The van der Waals surface area contributed by atoms with Gasteiger partial charge in [0.2, 0.25) is 0 Å². The van der Waals surface area contributed by atoms with E-state index in [9.17, 15) is 4.79 Å². The van der Waals surface area contributed by atoms with Crippen LogP contribution in [-0.2, 0) is 14.3 Å². The second-order valence-electron chi connectivity index (χ2n) is 2.76. The van der Waals surface area contributed by atoms with E-state index in [1.807, 2.05) is 0 Å². The number of Topliss-reactive ketones (excluding diaryl/α,β-unsaturated/α-hetero) is 1. The highest BCUT2D eigenvalue weighted by Gasteiger charge is 1.93. The lowest BCUT2D eigenvalue weighted by molar-refractivity contribution is -0.118. The monoisotopic (exact) mass is 174 g/mol. The number of hydrogen-bond acceptors (Lipinski definition) is 3. The largest absolute Gasteiger partial charge is 0.385 e. The second-order valence-corrected chi connectivity index (χ2v) is 2.76. The van der Waals surface area contributed by atoms with Gasteiger partial charge in [-0.15, -0.1) is 0 Å². The predicted octanol–water partition coefficient (Wildman–Crippen LogP) is 1.41. The highest BCUT2D eigenvalue weighted by atomic mass is 16.5. The van der Waals surface area contributed by atoms with Gasteiger partial charge in [-0.3, -0.25) is 4.79 Å². The van der Waals surface area contributed by atoms with E-state index in [2.05, 4.69) is 0 Å². The van der Waals surface area contributed by atoms with E-state index in [0.717, 1.165) is 26.1 Å². The van der Waals surface area contributed by atoms with E-state index >= 15 is 0 Å². The molecule has 0 N–H and O–H groups in total. The average molecular weight is 174 g/mol. The Morgan fingerprint density at radius 3 is 2.42 bits per heavy atom. The summed E-state index contributed by atoms with van der Waals surface area (Å²) in [6.07, 6.45) is 2.56. The number of unbranched alkanes of at least 4 members (excludes halogenated alkanes) is 1. The third kappa shape index (κ3) is 9.59. The number of carbonyl (C=O) groups is 1. The molecule has 0 aliphatic heterocycles. The molecule has 0 atom stereocenters. The summed E-state index contributed by atoms with van der Waals surface area (Å²) in [6, 6.07) is 0. The van der Waals surface area contributed by atoms with Crippen LogP contribution in [0.1, 0.15) is 26.2 Å². The summed E-state index contributed by atoms with van der Waals surface area (Å²) < 4.78 is 10.1. The van der Waals surface area contributed by atoms with E-state index in [1.165, 1.54) is 0 Å². The fraction of sp³-hybridized carbons (Fsp3) is 0.889. The van der Waals surface area contributed by atoms with E-state index in [1.54, 1.807) is 14.0 Å². The molecule has 0 saturated carbocycles. The molecular weight excluding hydrogens is 156 g/mol. The van der Waals surface area contributed by atoms with Gasteiger partial charge >= 0.3 is 0 Å². The Labute approximate surface area is 74.0 Å². The zero-order chi connectivity index (χ0) is 9.23. The Balaban J connectivity index is 2.86. The van der Waals surface area contributed by atoms with Crippen LogP contribution in [0.15, 0.2) is 0 Å². The molecule has 0 aromatic heterocycles. The van der Waals surface area contributed by atoms with Gasteiger partial charge in [0.25, 0.3) is 0 Å². The van der Waals surface area contributed by atoms with E-state index < -0.39 is 0 Å². The van der Waals surface area contributed by atoms with Crippen molar-refractivity contribution in [3.8, 4) is 0 Å². The van der Waals surface area contributed by atoms with Crippen LogP contribution < -0.4 is 0 Å². The molecular formula is C9H18O3. The van der Waals surface area contributed by atoms with Crippen LogP contribution >= 0.6 is 0 Å². The fourth-order valence-corrected chi connectivity index (χ4v) is 0.768. The highest BCUT2D eigenvalue weighted by Crippen LogP contribution is 1.91. The van der Waals surface area contributed by atoms with Crippen molar-refractivity contribution in [1.82, 2.24) is 0 Å². The van der Waals surface area contributed by atoms with Gasteiger partial charge < -0.3 is 9.47 Å². The average Bonchev–Trinajstić information content (AvgIpc) is 2.02. The minimum Gasteiger partial charge on any atom is -0.385 e. The van der Waals surface area contributed by atoms with Crippen molar-refractivity contribution in [1.29, 1.82) is 0 Å². The van der Waals surface area contributed by atoms with Crippen molar-refractivity contribution in [2.75, 3.05) is 26.9 Å². The Kier molecular flexibility index (Phi) is 8.39. The molecule has 3 heteroatoms. The van der Waals surface area contributed by atoms with Gasteiger partial charge in [0.1, 0.15) is 5.78 Å². The van der Waals surface area contributed by atoms with Crippen molar-refractivity contribution in [3.63, 3.8) is 0 Å². The molecule has 12 heavy (non-hydrogen) atoms. The first-order chi connectivity index (χ1) is 5.77. The third-order valence-electron chi connectivity index (χ3n) is 1.49. The van der Waals surface area contributed by atoms with Crippen LogP contribution in [0.4, 0.5) is 0 Å². The van der Waals surface area contributed by atoms with Gasteiger partial charge in [-0.2, -0.15) is 0 Å². The molecule has 0 rings (SSSR count). The second kappa shape index (κ2) is 8.68. The Morgan fingerprint density at radius 1 is 1.17 bits per heavy atom. The van der Waals surface area contributed by atoms with Gasteiger partial charge in [-0.05, 0) is 19.8 Å². The lowest BCUT2D eigenvalue weighted by Crippen LogP contribution is -2.02. The van der Waals surface area contributed by atoms with Crippen molar-refractivity contribution in [2.24, 2.45) is 0 Å². The van der Waals surface area contributed by atoms with Crippen LogP contribution in [0.5, 0.6) is 0 Å². The number of ketones is 1. The predicted molar refractivity (Wildman–Crippen MR) is 47.2 cm³/mol. The summed E-state index contributed by atoms with van der Waals surface area (Å²) in [5.74, 6) is 0.187. The van der Waals surface area contributed by atoms with Gasteiger partial charge in [-0.25, -0.2) is 0 Å². The minimum absolute atomic E-state index is 0.187. The number of hydrogen-bond donors (Lipinski definition) is 0. The zero-order valence-corrected chi connectivity index (χ0v) is 7.97. The smallest absolute Gasteiger partial charge is 0.132 e. The molecule has 0 aliphatic carbocycles. The van der Waals surface area contributed by atoms with Gasteiger partial charge in [-0.1, -0.05) is 0 Å². The molecule has 0 unspecified atom stereocenters. The summed E-state index contributed by atoms with van der Waals surface area (Å²) in [7, 11) is 1.69. The third-order valence-corrected chi connectivity index (χ3v) is 1.49. The maximum atomic E-state index is 10.5. The molecule has 0 bridgehead atoms. The van der Waals surface area contributed by atoms with Crippen molar-refractivity contribution in [2.45, 2.75) is 26.2 Å². The van der Waals surface area contributed by atoms with Gasteiger partial charge in [0.15, 0.2) is 0 Å². The van der Waals surface area contributed by atoms with Crippen LogP contribution in [0.25, 0.3) is 0 Å². The maximum Gasteiger partial charge on any atom is 0.132 e. The summed E-state index contributed by atoms with van der Waals surface area (Å²) in [5.41, 5.74) is 0. The number of ether oxygens (including phenoxy) is 2.